The number of benzene rings is 8. The Bertz CT molecular complexity index is 2730. The molecule has 1 aliphatic heterocycles. The fourth-order valence-electron chi connectivity index (χ4n) is 8.44. The number of hydrogen-bond donors (Lipinski definition) is 0. The van der Waals surface area contributed by atoms with Crippen LogP contribution in [-0.4, -0.2) is 8.07 Å². The third-order valence-corrected chi connectivity index (χ3v) is 14.3. The van der Waals surface area contributed by atoms with E-state index in [0.29, 0.717) is 0 Å². The first kappa shape index (κ1) is 30.5. The predicted octanol–water partition coefficient (Wildman–Crippen LogP) is 12.5. The van der Waals surface area contributed by atoms with Gasteiger partial charge in [0.25, 0.3) is 0 Å². The molecule has 0 fully saturated rings. The lowest BCUT2D eigenvalue weighted by atomic mass is 9.98. The van der Waals surface area contributed by atoms with Crippen LogP contribution < -0.4 is 20.2 Å². The second-order valence-corrected chi connectivity index (χ2v) is 18.5. The van der Waals surface area contributed by atoms with Crippen molar-refractivity contribution >= 4 is 85.3 Å². The summed E-state index contributed by atoms with van der Waals surface area (Å²) in [4.78, 5) is 4.81. The molecule has 0 saturated carbocycles. The van der Waals surface area contributed by atoms with Crippen molar-refractivity contribution in [3.05, 3.63) is 182 Å². The molecule has 0 bridgehead atoms. The van der Waals surface area contributed by atoms with Crippen LogP contribution in [0.4, 0.5) is 34.1 Å². The summed E-state index contributed by atoms with van der Waals surface area (Å²) in [5.41, 5.74) is 11.4. The lowest BCUT2D eigenvalue weighted by Gasteiger charge is -2.29. The Kier molecular flexibility index (Phi) is 6.95. The summed E-state index contributed by atoms with van der Waals surface area (Å²) in [5.74, 6) is 0. The molecule has 10 rings (SSSR count). The maximum atomic E-state index is 6.22. The van der Waals surface area contributed by atoms with Crippen molar-refractivity contribution in [2.75, 3.05) is 9.80 Å². The van der Waals surface area contributed by atoms with Crippen molar-refractivity contribution in [1.29, 1.82) is 0 Å². The number of anilines is 6. The van der Waals surface area contributed by atoms with Gasteiger partial charge in [-0.25, -0.2) is 0 Å². The van der Waals surface area contributed by atoms with Crippen LogP contribution >= 0.6 is 0 Å². The maximum Gasteiger partial charge on any atom is 0.135 e. The van der Waals surface area contributed by atoms with E-state index in [1.807, 2.05) is 12.1 Å². The van der Waals surface area contributed by atoms with E-state index in [-0.39, 0.29) is 0 Å². The zero-order chi connectivity index (χ0) is 34.8. The number of rotatable bonds is 6. The van der Waals surface area contributed by atoms with Crippen molar-refractivity contribution in [3.63, 3.8) is 0 Å². The van der Waals surface area contributed by atoms with Crippen molar-refractivity contribution in [1.82, 2.24) is 0 Å². The molecular weight excluding hydrogens is 649 g/mol. The highest BCUT2D eigenvalue weighted by Gasteiger charge is 2.40. The van der Waals surface area contributed by atoms with E-state index in [1.165, 1.54) is 38.0 Å². The SMILES string of the molecule is C[Si]1(C)c2cc(N(c3ccccc3)c3ccc4oc5ccccc5c4c3)ccc2-c2cc(N(c3ccccc3)c3ccccc3)c3ccccc3c21. The summed E-state index contributed by atoms with van der Waals surface area (Å²) >= 11 is 0. The molecule has 1 aliphatic rings. The van der Waals surface area contributed by atoms with Crippen LogP contribution in [0.3, 0.4) is 0 Å². The van der Waals surface area contributed by atoms with Gasteiger partial charge in [0.15, 0.2) is 0 Å². The Morgan fingerprint density at radius 2 is 0.904 bits per heavy atom. The van der Waals surface area contributed by atoms with Crippen LogP contribution in [0.15, 0.2) is 186 Å². The van der Waals surface area contributed by atoms with Gasteiger partial charge in [0.1, 0.15) is 19.2 Å². The molecule has 0 N–H and O–H groups in total. The monoisotopic (exact) mass is 684 g/mol. The van der Waals surface area contributed by atoms with E-state index in [0.717, 1.165) is 50.4 Å². The Morgan fingerprint density at radius 3 is 1.58 bits per heavy atom. The zero-order valence-corrected chi connectivity index (χ0v) is 30.1. The molecule has 4 heteroatoms. The van der Waals surface area contributed by atoms with Gasteiger partial charge >= 0.3 is 0 Å². The lowest BCUT2D eigenvalue weighted by Crippen LogP contribution is -2.49. The fourth-order valence-corrected chi connectivity index (χ4v) is 11.9. The number of nitrogens with zero attached hydrogens (tertiary/aromatic N) is 2. The standard InChI is InChI=1S/C48H36N2OSi/c1-52(2)47-31-37(49(33-16-6-3-7-17-33)36-27-29-46-42(30-36)39-23-14-15-25-45(39)51-46)26-28-40(47)43-32-44(38-22-12-13-24-41(38)48(43)52)50(34-18-8-4-9-19-34)35-20-10-5-11-21-35/h3-32H,1-2H3. The molecule has 2 heterocycles. The van der Waals surface area contributed by atoms with E-state index < -0.39 is 8.07 Å². The van der Waals surface area contributed by atoms with Gasteiger partial charge in [-0.15, -0.1) is 0 Å². The molecule has 52 heavy (non-hydrogen) atoms. The Balaban J connectivity index is 1.18. The summed E-state index contributed by atoms with van der Waals surface area (Å²) in [7, 11) is -2.17. The third-order valence-electron chi connectivity index (χ3n) is 10.8. The molecular formula is C48H36N2OSi. The first-order valence-electron chi connectivity index (χ1n) is 17.9. The third kappa shape index (κ3) is 4.72. The molecule has 0 radical (unpaired) electrons. The highest BCUT2D eigenvalue weighted by atomic mass is 28.3. The van der Waals surface area contributed by atoms with Crippen LogP contribution in [0.1, 0.15) is 0 Å². The molecule has 248 valence electrons. The summed E-state index contributed by atoms with van der Waals surface area (Å²) in [6.45, 7) is 5.05. The zero-order valence-electron chi connectivity index (χ0n) is 29.1. The maximum absolute atomic E-state index is 6.22. The molecule has 0 unspecified atom stereocenters. The number of para-hydroxylation sites is 4. The Morgan fingerprint density at radius 1 is 0.385 bits per heavy atom. The second-order valence-electron chi connectivity index (χ2n) is 14.2. The van der Waals surface area contributed by atoms with E-state index in [4.69, 9.17) is 4.42 Å². The largest absolute Gasteiger partial charge is 0.456 e. The van der Waals surface area contributed by atoms with Crippen molar-refractivity contribution in [3.8, 4) is 11.1 Å². The average molecular weight is 685 g/mol. The topological polar surface area (TPSA) is 19.6 Å². The first-order valence-corrected chi connectivity index (χ1v) is 20.9. The highest BCUT2D eigenvalue weighted by Crippen LogP contribution is 2.45. The van der Waals surface area contributed by atoms with Gasteiger partial charge in [-0.1, -0.05) is 116 Å². The van der Waals surface area contributed by atoms with Gasteiger partial charge in [0.05, 0.1) is 5.69 Å². The van der Waals surface area contributed by atoms with E-state index >= 15 is 0 Å². The minimum Gasteiger partial charge on any atom is -0.456 e. The molecule has 0 amide bonds. The van der Waals surface area contributed by atoms with Crippen molar-refractivity contribution in [2.24, 2.45) is 0 Å². The van der Waals surface area contributed by atoms with Crippen LogP contribution in [-0.2, 0) is 0 Å². The van der Waals surface area contributed by atoms with Gasteiger partial charge in [0.2, 0.25) is 0 Å². The van der Waals surface area contributed by atoms with Crippen LogP contribution in [0.2, 0.25) is 13.1 Å². The molecule has 0 aliphatic carbocycles. The van der Waals surface area contributed by atoms with E-state index in [1.54, 1.807) is 0 Å². The molecule has 0 saturated heterocycles. The van der Waals surface area contributed by atoms with Gasteiger partial charge < -0.3 is 14.2 Å². The molecule has 9 aromatic rings. The van der Waals surface area contributed by atoms with Crippen molar-refractivity contribution < 1.29 is 4.42 Å². The number of furan rings is 1. The van der Waals surface area contributed by atoms with Crippen LogP contribution in [0.5, 0.6) is 0 Å². The van der Waals surface area contributed by atoms with Gasteiger partial charge in [0, 0.05) is 44.6 Å². The molecule has 1 aromatic heterocycles. The Labute approximate surface area is 304 Å². The lowest BCUT2D eigenvalue weighted by molar-refractivity contribution is 0.669. The molecule has 0 atom stereocenters. The van der Waals surface area contributed by atoms with Gasteiger partial charge in [-0.05, 0) is 106 Å². The summed E-state index contributed by atoms with van der Waals surface area (Å²) < 4.78 is 6.22. The summed E-state index contributed by atoms with van der Waals surface area (Å²) in [5, 5.41) is 7.85. The normalized spacial score (nSPS) is 13.0. The molecule has 8 aromatic carbocycles. The van der Waals surface area contributed by atoms with Crippen LogP contribution in [0, 0.1) is 0 Å². The summed E-state index contributed by atoms with van der Waals surface area (Å²) in [6, 6.07) is 65.7. The Hall–Kier alpha value is -6.36. The second kappa shape index (κ2) is 11.9. The number of hydrogen-bond acceptors (Lipinski definition) is 3. The summed E-state index contributed by atoms with van der Waals surface area (Å²) in [6.07, 6.45) is 0. The minimum absolute atomic E-state index is 0.902. The van der Waals surface area contributed by atoms with Gasteiger partial charge in [-0.3, -0.25) is 0 Å². The predicted molar refractivity (Wildman–Crippen MR) is 223 cm³/mol. The first-order chi connectivity index (χ1) is 25.6. The molecule has 0 spiro atoms. The van der Waals surface area contributed by atoms with Crippen molar-refractivity contribution in [2.45, 2.75) is 13.1 Å². The van der Waals surface area contributed by atoms with E-state index in [2.05, 4.69) is 193 Å². The van der Waals surface area contributed by atoms with Gasteiger partial charge in [-0.2, -0.15) is 0 Å². The average Bonchev–Trinajstić information content (AvgIpc) is 3.67. The van der Waals surface area contributed by atoms with E-state index in [9.17, 15) is 0 Å². The fraction of sp³-hybridized carbons (Fsp3) is 0.0417. The smallest absolute Gasteiger partial charge is 0.135 e. The highest BCUT2D eigenvalue weighted by molar-refractivity contribution is 7.05. The minimum atomic E-state index is -2.17. The quantitative estimate of drug-likeness (QED) is 0.163. The van der Waals surface area contributed by atoms with Crippen LogP contribution in [0.25, 0.3) is 43.8 Å². The number of fused-ring (bicyclic) bond motifs is 8. The molecule has 3 nitrogen and oxygen atoms in total.